The molecule has 0 aromatic heterocycles. The van der Waals surface area contributed by atoms with E-state index in [0.29, 0.717) is 0 Å². The minimum Gasteiger partial charge on any atom is -0.0874 e. The van der Waals surface area contributed by atoms with Crippen molar-refractivity contribution >= 4 is 0 Å². The average molecular weight is 233 g/mol. The van der Waals surface area contributed by atoms with Crippen LogP contribution in [0.4, 0.5) is 0 Å². The first kappa shape index (κ1) is 12.4. The number of rotatable bonds is 4. The Labute approximate surface area is 109 Å². The van der Waals surface area contributed by atoms with Gasteiger partial charge in [0.1, 0.15) is 0 Å². The average Bonchev–Trinajstić information content (AvgIpc) is 2.42. The second kappa shape index (κ2) is 6.02. The van der Waals surface area contributed by atoms with Crippen molar-refractivity contribution in [2.45, 2.75) is 12.8 Å². The Hall–Kier alpha value is -2.08. The molecule has 0 amide bonds. The van der Waals surface area contributed by atoms with Crippen molar-refractivity contribution in [1.29, 1.82) is 0 Å². The molecule has 0 atom stereocenters. The fourth-order valence-electron chi connectivity index (χ4n) is 2.16. The van der Waals surface area contributed by atoms with Gasteiger partial charge in [0.05, 0.1) is 0 Å². The van der Waals surface area contributed by atoms with Gasteiger partial charge in [0.2, 0.25) is 0 Å². The molecule has 0 aliphatic rings. The second-order valence-corrected chi connectivity index (χ2v) is 4.25. The van der Waals surface area contributed by atoms with Gasteiger partial charge in [0.25, 0.3) is 0 Å². The van der Waals surface area contributed by atoms with E-state index in [0.717, 1.165) is 5.57 Å². The molecule has 0 heterocycles. The van der Waals surface area contributed by atoms with Crippen LogP contribution in [0, 0.1) is 6.58 Å². The quantitative estimate of drug-likeness (QED) is 0.668. The van der Waals surface area contributed by atoms with Gasteiger partial charge in [-0.1, -0.05) is 79.4 Å². The van der Waals surface area contributed by atoms with Crippen molar-refractivity contribution in [3.05, 3.63) is 96.1 Å². The molecule has 0 aliphatic heterocycles. The molecule has 18 heavy (non-hydrogen) atoms. The molecule has 2 rings (SSSR count). The zero-order chi connectivity index (χ0) is 12.8. The van der Waals surface area contributed by atoms with Gasteiger partial charge >= 0.3 is 0 Å². The maximum atomic E-state index is 6.22. The van der Waals surface area contributed by atoms with E-state index in [9.17, 15) is 0 Å². The lowest BCUT2D eigenvalue weighted by molar-refractivity contribution is 0.978. The van der Waals surface area contributed by atoms with E-state index in [2.05, 4.69) is 24.3 Å². The van der Waals surface area contributed by atoms with Gasteiger partial charge in [-0.25, -0.2) is 0 Å². The maximum absolute atomic E-state index is 6.22. The monoisotopic (exact) mass is 233 g/mol. The normalized spacial score (nSPS) is 11.0. The van der Waals surface area contributed by atoms with Crippen molar-refractivity contribution in [2.24, 2.45) is 0 Å². The van der Waals surface area contributed by atoms with Crippen LogP contribution in [0.5, 0.6) is 0 Å². The molecule has 0 bridgehead atoms. The molecule has 0 saturated carbocycles. The van der Waals surface area contributed by atoms with E-state index >= 15 is 0 Å². The van der Waals surface area contributed by atoms with Crippen molar-refractivity contribution < 1.29 is 0 Å². The van der Waals surface area contributed by atoms with Crippen LogP contribution in [-0.4, -0.2) is 0 Å². The SMILES string of the molecule is [CH]=C(C=CC)C(c1ccccc1)c1ccccc1. The third kappa shape index (κ3) is 2.78. The van der Waals surface area contributed by atoms with Gasteiger partial charge in [-0.2, -0.15) is 0 Å². The molecule has 1 radical (unpaired) electrons. The maximum Gasteiger partial charge on any atom is 0.0339 e. The summed E-state index contributed by atoms with van der Waals surface area (Å²) < 4.78 is 0. The summed E-state index contributed by atoms with van der Waals surface area (Å²) >= 11 is 0. The van der Waals surface area contributed by atoms with Crippen LogP contribution in [-0.2, 0) is 0 Å². The smallest absolute Gasteiger partial charge is 0.0339 e. The number of hydrogen-bond acceptors (Lipinski definition) is 0. The van der Waals surface area contributed by atoms with Gasteiger partial charge in [-0.3, -0.25) is 0 Å². The molecular formula is C18H17. The zero-order valence-electron chi connectivity index (χ0n) is 10.6. The van der Waals surface area contributed by atoms with Crippen LogP contribution >= 0.6 is 0 Å². The molecule has 0 saturated heterocycles. The summed E-state index contributed by atoms with van der Waals surface area (Å²) in [6, 6.07) is 20.7. The van der Waals surface area contributed by atoms with Gasteiger partial charge in [-0.05, 0) is 23.6 Å². The summed E-state index contributed by atoms with van der Waals surface area (Å²) in [6.45, 7) is 8.21. The van der Waals surface area contributed by atoms with Crippen molar-refractivity contribution in [3.8, 4) is 0 Å². The summed E-state index contributed by atoms with van der Waals surface area (Å²) in [7, 11) is 0. The predicted molar refractivity (Wildman–Crippen MR) is 77.4 cm³/mol. The molecule has 89 valence electrons. The van der Waals surface area contributed by atoms with E-state index < -0.39 is 0 Å². The number of hydrogen-bond donors (Lipinski definition) is 0. The van der Waals surface area contributed by atoms with E-state index in [1.54, 1.807) is 0 Å². The molecule has 0 fully saturated rings. The first-order valence-electron chi connectivity index (χ1n) is 6.18. The first-order valence-corrected chi connectivity index (χ1v) is 6.18. The fraction of sp³-hybridized carbons (Fsp3) is 0.111. The van der Waals surface area contributed by atoms with Crippen LogP contribution in [0.25, 0.3) is 0 Å². The van der Waals surface area contributed by atoms with Crippen LogP contribution in [0.2, 0.25) is 0 Å². The molecule has 2 aromatic carbocycles. The molecule has 0 N–H and O–H groups in total. The zero-order valence-corrected chi connectivity index (χ0v) is 10.6. The van der Waals surface area contributed by atoms with Gasteiger partial charge < -0.3 is 0 Å². The highest BCUT2D eigenvalue weighted by molar-refractivity contribution is 5.42. The van der Waals surface area contributed by atoms with Gasteiger partial charge in [-0.15, -0.1) is 0 Å². The summed E-state index contributed by atoms with van der Waals surface area (Å²) in [5.74, 6) is 0.128. The Kier molecular flexibility index (Phi) is 4.14. The lowest BCUT2D eigenvalue weighted by Gasteiger charge is -2.18. The lowest BCUT2D eigenvalue weighted by Crippen LogP contribution is -2.02. The van der Waals surface area contributed by atoms with Crippen LogP contribution in [0.3, 0.4) is 0 Å². The van der Waals surface area contributed by atoms with Crippen LogP contribution in [0.15, 0.2) is 78.4 Å². The van der Waals surface area contributed by atoms with Gasteiger partial charge in [0.15, 0.2) is 0 Å². The Bertz CT molecular complexity index is 481. The summed E-state index contributed by atoms with van der Waals surface area (Å²) in [5, 5.41) is 0. The largest absolute Gasteiger partial charge is 0.0874 e. The number of benzene rings is 2. The minimum atomic E-state index is 0.128. The van der Waals surface area contributed by atoms with E-state index in [1.807, 2.05) is 55.5 Å². The van der Waals surface area contributed by atoms with E-state index in [-0.39, 0.29) is 5.92 Å². The third-order valence-electron chi connectivity index (χ3n) is 2.96. The van der Waals surface area contributed by atoms with Crippen molar-refractivity contribution in [1.82, 2.24) is 0 Å². The summed E-state index contributed by atoms with van der Waals surface area (Å²) in [4.78, 5) is 0. The Morgan fingerprint density at radius 2 is 1.33 bits per heavy atom. The minimum absolute atomic E-state index is 0.128. The molecule has 0 nitrogen and oxygen atoms in total. The van der Waals surface area contributed by atoms with Crippen LogP contribution in [0.1, 0.15) is 24.0 Å². The van der Waals surface area contributed by atoms with Crippen molar-refractivity contribution in [2.75, 3.05) is 0 Å². The Morgan fingerprint density at radius 1 is 0.889 bits per heavy atom. The highest BCUT2D eigenvalue weighted by Crippen LogP contribution is 2.31. The van der Waals surface area contributed by atoms with E-state index in [1.165, 1.54) is 11.1 Å². The van der Waals surface area contributed by atoms with E-state index in [4.69, 9.17) is 6.58 Å². The predicted octanol–water partition coefficient (Wildman–Crippen LogP) is 4.75. The third-order valence-corrected chi connectivity index (χ3v) is 2.96. The fourth-order valence-corrected chi connectivity index (χ4v) is 2.16. The topological polar surface area (TPSA) is 0 Å². The molecule has 0 unspecified atom stereocenters. The molecular weight excluding hydrogens is 216 g/mol. The molecule has 0 spiro atoms. The first-order chi connectivity index (χ1) is 8.83. The molecule has 2 aromatic rings. The highest BCUT2D eigenvalue weighted by atomic mass is 14.2. The van der Waals surface area contributed by atoms with Crippen LogP contribution < -0.4 is 0 Å². The molecule has 0 heteroatoms. The van der Waals surface area contributed by atoms with Crippen molar-refractivity contribution in [3.63, 3.8) is 0 Å². The second-order valence-electron chi connectivity index (χ2n) is 4.25. The standard InChI is InChI=1S/C18H17/c1-3-10-15(2)18(16-11-6-4-7-12-16)17-13-8-5-9-14-17/h2-14,18H,1H3. The highest BCUT2D eigenvalue weighted by Gasteiger charge is 2.15. The summed E-state index contributed by atoms with van der Waals surface area (Å²) in [6.07, 6.45) is 3.96. The molecule has 0 aliphatic carbocycles. The Balaban J connectivity index is 2.45. The number of allylic oxidation sites excluding steroid dienone is 3. The Morgan fingerprint density at radius 3 is 1.72 bits per heavy atom. The van der Waals surface area contributed by atoms with Gasteiger partial charge in [0, 0.05) is 5.92 Å². The lowest BCUT2D eigenvalue weighted by atomic mass is 9.85. The summed E-state index contributed by atoms with van der Waals surface area (Å²) in [5.41, 5.74) is 3.31.